The zero-order valence-corrected chi connectivity index (χ0v) is 18.1. The van der Waals surface area contributed by atoms with Gasteiger partial charge in [-0.1, -0.05) is 20.3 Å². The molecule has 7 atom stereocenters. The number of piperidine rings is 1. The molecule has 3 saturated heterocycles. The summed E-state index contributed by atoms with van der Waals surface area (Å²) in [5.74, 6) is 0.675. The molecule has 0 radical (unpaired) electrons. The molecule has 5 aliphatic rings. The van der Waals surface area contributed by atoms with Crippen molar-refractivity contribution in [2.45, 2.75) is 77.1 Å². The fourth-order valence-electron chi connectivity index (χ4n) is 7.50. The number of ether oxygens (including phenoxy) is 3. The molecule has 1 N–H and O–H groups in total. The highest BCUT2D eigenvalue weighted by molar-refractivity contribution is 5.76. The Morgan fingerprint density at radius 1 is 1.28 bits per heavy atom. The number of carbonyl (C=O) groups excluding carboxylic acids is 2. The minimum atomic E-state index is -0.0582. The molecular weight excluding hydrogens is 370 g/mol. The number of quaternary nitrogens is 1. The van der Waals surface area contributed by atoms with Gasteiger partial charge < -0.3 is 19.1 Å². The topological polar surface area (TPSA) is 69.6 Å². The molecule has 6 heteroatoms. The first kappa shape index (κ1) is 19.8. The average molecular weight is 407 g/mol. The minimum absolute atomic E-state index is 0.0134. The minimum Gasteiger partial charge on any atom is -0.466 e. The molecule has 5 fully saturated rings. The van der Waals surface area contributed by atoms with Crippen molar-refractivity contribution in [2.24, 2.45) is 29.1 Å². The number of rotatable bonds is 4. The van der Waals surface area contributed by atoms with E-state index in [0.717, 1.165) is 38.9 Å². The highest BCUT2D eigenvalue weighted by atomic mass is 16.6. The van der Waals surface area contributed by atoms with E-state index >= 15 is 0 Å². The quantitative estimate of drug-likeness (QED) is 0.564. The Labute approximate surface area is 173 Å². The summed E-state index contributed by atoms with van der Waals surface area (Å²) in [5, 5.41) is 0. The van der Waals surface area contributed by atoms with Gasteiger partial charge in [0.15, 0.2) is 0 Å². The first-order valence-electron chi connectivity index (χ1n) is 11.8. The van der Waals surface area contributed by atoms with Gasteiger partial charge in [0.2, 0.25) is 0 Å². The second-order valence-electron chi connectivity index (χ2n) is 10.5. The van der Waals surface area contributed by atoms with Crippen LogP contribution in [-0.4, -0.2) is 56.0 Å². The van der Waals surface area contributed by atoms with Crippen LogP contribution in [0.4, 0.5) is 0 Å². The van der Waals surface area contributed by atoms with Crippen molar-refractivity contribution in [3.05, 3.63) is 0 Å². The predicted molar refractivity (Wildman–Crippen MR) is 105 cm³/mol. The largest absolute Gasteiger partial charge is 0.466 e. The Morgan fingerprint density at radius 3 is 2.76 bits per heavy atom. The van der Waals surface area contributed by atoms with E-state index < -0.39 is 0 Å². The van der Waals surface area contributed by atoms with Crippen molar-refractivity contribution in [1.29, 1.82) is 0 Å². The van der Waals surface area contributed by atoms with E-state index in [1.165, 1.54) is 24.2 Å². The van der Waals surface area contributed by atoms with Gasteiger partial charge in [-0.2, -0.15) is 0 Å². The number of esters is 2. The first-order chi connectivity index (χ1) is 13.9. The third-order valence-corrected chi connectivity index (χ3v) is 9.02. The Bertz CT molecular complexity index is 689. The molecule has 1 spiro atoms. The van der Waals surface area contributed by atoms with E-state index in [0.29, 0.717) is 12.5 Å². The van der Waals surface area contributed by atoms with Crippen LogP contribution in [0.15, 0.2) is 0 Å². The van der Waals surface area contributed by atoms with Gasteiger partial charge in [0.1, 0.15) is 17.6 Å². The summed E-state index contributed by atoms with van der Waals surface area (Å²) in [7, 11) is 0. The molecule has 0 amide bonds. The Hall–Kier alpha value is -1.14. The molecule has 29 heavy (non-hydrogen) atoms. The molecule has 2 saturated carbocycles. The summed E-state index contributed by atoms with van der Waals surface area (Å²) in [4.78, 5) is 26.3. The van der Waals surface area contributed by atoms with Crippen molar-refractivity contribution < 1.29 is 28.7 Å². The third kappa shape index (κ3) is 2.88. The van der Waals surface area contributed by atoms with Crippen LogP contribution >= 0.6 is 0 Å². The number of carbonyl (C=O) groups is 2. The Morgan fingerprint density at radius 2 is 2.03 bits per heavy atom. The van der Waals surface area contributed by atoms with Gasteiger partial charge in [0.25, 0.3) is 0 Å². The number of hydrogen-bond acceptors (Lipinski definition) is 5. The standard InChI is InChI=1S/C23H35NO5/c1-4-27-20(25)15-7-10-24(11-8-15)13-16-18-17(28-21(16)26)12-22(3)9-5-6-14(2)23(22)19(18)29-23/h14-19H,4-13H2,1-3H3/p+1/t14-,16+,17+,18+,19+,22+,23+/m0/s1. The lowest BCUT2D eigenvalue weighted by Crippen LogP contribution is -3.14. The molecule has 0 aromatic heterocycles. The van der Waals surface area contributed by atoms with E-state index in [1.807, 2.05) is 6.92 Å². The van der Waals surface area contributed by atoms with E-state index in [-0.39, 0.29) is 52.9 Å². The molecule has 2 aliphatic carbocycles. The van der Waals surface area contributed by atoms with Crippen LogP contribution in [0.1, 0.15) is 59.3 Å². The summed E-state index contributed by atoms with van der Waals surface area (Å²) in [6.07, 6.45) is 6.55. The molecule has 0 aromatic rings. The highest BCUT2D eigenvalue weighted by Gasteiger charge is 2.78. The molecule has 0 unspecified atom stereocenters. The molecule has 0 bridgehead atoms. The van der Waals surface area contributed by atoms with Gasteiger partial charge in [-0.25, -0.2) is 0 Å². The monoisotopic (exact) mass is 406 g/mol. The normalized spacial score (nSPS) is 50.7. The zero-order chi connectivity index (χ0) is 20.4. The summed E-state index contributed by atoms with van der Waals surface area (Å²) in [5.41, 5.74) is 0.126. The van der Waals surface area contributed by atoms with Gasteiger partial charge >= 0.3 is 11.9 Å². The van der Waals surface area contributed by atoms with Crippen LogP contribution in [0.5, 0.6) is 0 Å². The molecule has 3 heterocycles. The van der Waals surface area contributed by atoms with Crippen molar-refractivity contribution in [3.63, 3.8) is 0 Å². The number of likely N-dealkylation sites (tertiary alicyclic amines) is 1. The van der Waals surface area contributed by atoms with E-state index in [2.05, 4.69) is 13.8 Å². The molecule has 6 nitrogen and oxygen atoms in total. The average Bonchev–Trinajstić information content (AvgIpc) is 3.37. The molecule has 0 aromatic carbocycles. The molecule has 162 valence electrons. The lowest BCUT2D eigenvalue weighted by Gasteiger charge is -2.48. The number of hydrogen-bond donors (Lipinski definition) is 1. The van der Waals surface area contributed by atoms with Crippen molar-refractivity contribution >= 4 is 11.9 Å². The van der Waals surface area contributed by atoms with Gasteiger partial charge in [0, 0.05) is 24.2 Å². The maximum atomic E-state index is 12.9. The van der Waals surface area contributed by atoms with Gasteiger partial charge in [-0.05, 0) is 32.1 Å². The summed E-state index contributed by atoms with van der Waals surface area (Å²) >= 11 is 0. The van der Waals surface area contributed by atoms with Crippen molar-refractivity contribution in [1.82, 2.24) is 0 Å². The first-order valence-corrected chi connectivity index (χ1v) is 11.8. The smallest absolute Gasteiger partial charge is 0.315 e. The van der Waals surface area contributed by atoms with Crippen LogP contribution in [0.2, 0.25) is 0 Å². The molecule has 3 aliphatic heterocycles. The van der Waals surface area contributed by atoms with Crippen LogP contribution < -0.4 is 4.90 Å². The molecule has 5 rings (SSSR count). The van der Waals surface area contributed by atoms with Crippen molar-refractivity contribution in [3.8, 4) is 0 Å². The summed E-state index contributed by atoms with van der Waals surface area (Å²) < 4.78 is 17.7. The Kier molecular flexibility index (Phi) is 4.74. The summed E-state index contributed by atoms with van der Waals surface area (Å²) in [6.45, 7) is 9.68. The fourth-order valence-corrected chi connectivity index (χ4v) is 7.50. The van der Waals surface area contributed by atoms with Crippen LogP contribution in [-0.2, 0) is 23.8 Å². The third-order valence-electron chi connectivity index (χ3n) is 9.02. The maximum absolute atomic E-state index is 12.9. The fraction of sp³-hybridized carbons (Fsp3) is 0.913. The van der Waals surface area contributed by atoms with E-state index in [4.69, 9.17) is 14.2 Å². The van der Waals surface area contributed by atoms with Gasteiger partial charge in [-0.3, -0.25) is 9.59 Å². The van der Waals surface area contributed by atoms with Crippen LogP contribution in [0.25, 0.3) is 0 Å². The number of fused-ring (bicyclic) bond motifs is 2. The van der Waals surface area contributed by atoms with Crippen LogP contribution in [0.3, 0.4) is 0 Å². The van der Waals surface area contributed by atoms with Crippen molar-refractivity contribution in [2.75, 3.05) is 26.2 Å². The SMILES string of the molecule is CCOC(=O)C1CC[NH+](C[C@H]2C(=O)O[C@@H]3C[C@@]4(C)CCC[C@H](C)[C@]45O[C@@H]5[C@@H]32)CC1. The number of nitrogens with one attached hydrogen (secondary N) is 1. The van der Waals surface area contributed by atoms with Gasteiger partial charge in [-0.15, -0.1) is 0 Å². The summed E-state index contributed by atoms with van der Waals surface area (Å²) in [6, 6.07) is 0. The molecular formula is C23H36NO5+. The van der Waals surface area contributed by atoms with E-state index in [9.17, 15) is 9.59 Å². The predicted octanol–water partition coefficient (Wildman–Crippen LogP) is 1.37. The zero-order valence-electron chi connectivity index (χ0n) is 18.1. The highest BCUT2D eigenvalue weighted by Crippen LogP contribution is 2.70. The van der Waals surface area contributed by atoms with E-state index in [1.54, 1.807) is 0 Å². The Balaban J connectivity index is 1.26. The second-order valence-corrected chi connectivity index (χ2v) is 10.5. The van der Waals surface area contributed by atoms with Crippen LogP contribution in [0, 0.1) is 29.1 Å². The lowest BCUT2D eigenvalue weighted by atomic mass is 9.53. The van der Waals surface area contributed by atoms with Gasteiger partial charge in [0.05, 0.1) is 38.3 Å². The maximum Gasteiger partial charge on any atom is 0.315 e. The number of epoxide rings is 1. The lowest BCUT2D eigenvalue weighted by molar-refractivity contribution is -0.908. The second kappa shape index (κ2) is 6.94.